The molecule has 0 heterocycles. The van der Waals surface area contributed by atoms with E-state index in [0.717, 1.165) is 14.4 Å². The standard InChI is InChI=1S/C10H13I2OP/c1-4(2)6-5(3)9(13)8(12)10(14)7(6)11/h4,13H,14H2,1-3H3. The van der Waals surface area contributed by atoms with Crippen molar-refractivity contribution >= 4 is 59.7 Å². The van der Waals surface area contributed by atoms with Gasteiger partial charge in [0, 0.05) is 8.87 Å². The van der Waals surface area contributed by atoms with E-state index in [0.29, 0.717) is 11.7 Å². The first-order chi connectivity index (χ1) is 6.37. The summed E-state index contributed by atoms with van der Waals surface area (Å²) in [5.74, 6) is 0.879. The molecule has 1 nitrogen and oxygen atoms in total. The fraction of sp³-hybridized carbons (Fsp3) is 0.400. The number of rotatable bonds is 1. The van der Waals surface area contributed by atoms with Gasteiger partial charge in [0.05, 0.1) is 3.57 Å². The van der Waals surface area contributed by atoms with Crippen molar-refractivity contribution < 1.29 is 5.11 Å². The number of hydrogen-bond donors (Lipinski definition) is 1. The minimum absolute atomic E-state index is 0.430. The molecule has 1 N–H and O–H groups in total. The minimum Gasteiger partial charge on any atom is -0.507 e. The zero-order chi connectivity index (χ0) is 11.0. The Bertz CT molecular complexity index is 346. The molecule has 1 rings (SSSR count). The second-order valence-corrected chi connectivity index (χ2v) is 6.32. The lowest BCUT2D eigenvalue weighted by atomic mass is 9.97. The third kappa shape index (κ3) is 2.19. The lowest BCUT2D eigenvalue weighted by Crippen LogP contribution is -2.10. The van der Waals surface area contributed by atoms with Crippen LogP contribution in [0.25, 0.3) is 0 Å². The molecule has 1 atom stereocenters. The fourth-order valence-corrected chi connectivity index (χ4v) is 4.29. The van der Waals surface area contributed by atoms with E-state index in [-0.39, 0.29) is 0 Å². The molecular formula is C10H13I2OP. The lowest BCUT2D eigenvalue weighted by molar-refractivity contribution is 0.466. The molecule has 0 radical (unpaired) electrons. The first-order valence-electron chi connectivity index (χ1n) is 4.33. The zero-order valence-electron chi connectivity index (χ0n) is 8.36. The highest BCUT2D eigenvalue weighted by Gasteiger charge is 2.17. The number of phenolic OH excluding ortho intramolecular Hbond substituents is 1. The second-order valence-electron chi connectivity index (χ2n) is 3.58. The third-order valence-corrected chi connectivity index (χ3v) is 6.26. The van der Waals surface area contributed by atoms with Crippen LogP contribution in [0, 0.1) is 14.1 Å². The van der Waals surface area contributed by atoms with Gasteiger partial charge in [-0.1, -0.05) is 13.8 Å². The first kappa shape index (κ1) is 13.0. The van der Waals surface area contributed by atoms with Gasteiger partial charge in [0.1, 0.15) is 5.75 Å². The van der Waals surface area contributed by atoms with Gasteiger partial charge in [0.15, 0.2) is 0 Å². The molecule has 0 aromatic heterocycles. The van der Waals surface area contributed by atoms with Gasteiger partial charge in [0.2, 0.25) is 0 Å². The van der Waals surface area contributed by atoms with Gasteiger partial charge in [-0.2, -0.15) is 0 Å². The summed E-state index contributed by atoms with van der Waals surface area (Å²) in [5, 5.41) is 11.0. The molecule has 0 aliphatic rings. The van der Waals surface area contributed by atoms with Crippen molar-refractivity contribution in [3.8, 4) is 5.75 Å². The van der Waals surface area contributed by atoms with Gasteiger partial charge in [-0.3, -0.25) is 0 Å². The number of aromatic hydroxyl groups is 1. The molecule has 14 heavy (non-hydrogen) atoms. The van der Waals surface area contributed by atoms with Gasteiger partial charge in [-0.05, 0) is 69.2 Å². The Kier molecular flexibility index (Phi) is 4.48. The molecule has 0 aliphatic heterocycles. The van der Waals surface area contributed by atoms with Crippen molar-refractivity contribution in [2.45, 2.75) is 26.7 Å². The summed E-state index contributed by atoms with van der Waals surface area (Å²) in [7, 11) is 2.71. The van der Waals surface area contributed by atoms with Crippen LogP contribution in [0.3, 0.4) is 0 Å². The average molecular weight is 434 g/mol. The topological polar surface area (TPSA) is 20.2 Å². The van der Waals surface area contributed by atoms with Crippen LogP contribution in [-0.2, 0) is 0 Å². The van der Waals surface area contributed by atoms with Gasteiger partial charge >= 0.3 is 0 Å². The number of phenols is 1. The Morgan fingerprint density at radius 1 is 1.21 bits per heavy atom. The molecule has 1 aromatic carbocycles. The molecule has 0 saturated heterocycles. The molecule has 0 spiro atoms. The van der Waals surface area contributed by atoms with Gasteiger partial charge in [-0.25, -0.2) is 0 Å². The molecule has 0 fully saturated rings. The maximum Gasteiger partial charge on any atom is 0.132 e. The SMILES string of the molecule is Cc1c(O)c(I)c(P)c(I)c1C(C)C. The van der Waals surface area contributed by atoms with Crippen molar-refractivity contribution in [1.82, 2.24) is 0 Å². The molecule has 1 aromatic rings. The molecule has 0 aliphatic carbocycles. The monoisotopic (exact) mass is 434 g/mol. The van der Waals surface area contributed by atoms with Crippen LogP contribution in [0.5, 0.6) is 5.75 Å². The summed E-state index contributed by atoms with van der Waals surface area (Å²) in [6.07, 6.45) is 0. The van der Waals surface area contributed by atoms with Crippen LogP contribution in [0.4, 0.5) is 0 Å². The maximum atomic E-state index is 9.92. The average Bonchev–Trinajstić information content (AvgIpc) is 2.11. The fourth-order valence-electron chi connectivity index (χ4n) is 1.51. The van der Waals surface area contributed by atoms with Crippen molar-refractivity contribution in [3.63, 3.8) is 0 Å². The predicted molar refractivity (Wildman–Crippen MR) is 81.7 cm³/mol. The van der Waals surface area contributed by atoms with Crippen molar-refractivity contribution in [2.24, 2.45) is 0 Å². The Labute approximate surface area is 115 Å². The second kappa shape index (κ2) is 4.83. The van der Waals surface area contributed by atoms with Crippen LogP contribution in [0.2, 0.25) is 0 Å². The normalized spacial score (nSPS) is 11.1. The van der Waals surface area contributed by atoms with E-state index >= 15 is 0 Å². The number of halogens is 2. The van der Waals surface area contributed by atoms with E-state index in [2.05, 4.69) is 68.3 Å². The molecule has 4 heteroatoms. The van der Waals surface area contributed by atoms with Crippen LogP contribution in [-0.4, -0.2) is 5.11 Å². The molecule has 0 saturated carbocycles. The predicted octanol–water partition coefficient (Wildman–Crippen LogP) is 3.53. The minimum atomic E-state index is 0.430. The molecular weight excluding hydrogens is 421 g/mol. The molecule has 1 unspecified atom stereocenters. The Hall–Kier alpha value is 0.910. The quantitative estimate of drug-likeness (QED) is 0.530. The zero-order valence-corrected chi connectivity index (χ0v) is 13.8. The number of hydrogen-bond acceptors (Lipinski definition) is 1. The number of benzene rings is 1. The van der Waals surface area contributed by atoms with Crippen molar-refractivity contribution in [1.29, 1.82) is 0 Å². The van der Waals surface area contributed by atoms with Gasteiger partial charge < -0.3 is 5.11 Å². The van der Waals surface area contributed by atoms with Gasteiger partial charge in [0.25, 0.3) is 0 Å². The smallest absolute Gasteiger partial charge is 0.132 e. The van der Waals surface area contributed by atoms with E-state index in [1.54, 1.807) is 0 Å². The summed E-state index contributed by atoms with van der Waals surface area (Å²) in [4.78, 5) is 0. The molecule has 0 amide bonds. The first-order valence-corrected chi connectivity index (χ1v) is 7.07. The van der Waals surface area contributed by atoms with E-state index in [9.17, 15) is 5.11 Å². The molecule has 0 bridgehead atoms. The van der Waals surface area contributed by atoms with Crippen LogP contribution >= 0.6 is 54.4 Å². The summed E-state index contributed by atoms with van der Waals surface area (Å²) >= 11 is 4.54. The highest BCUT2D eigenvalue weighted by molar-refractivity contribution is 14.1. The van der Waals surface area contributed by atoms with E-state index in [1.165, 1.54) is 9.13 Å². The van der Waals surface area contributed by atoms with Crippen LogP contribution < -0.4 is 5.30 Å². The Balaban J connectivity index is 3.60. The van der Waals surface area contributed by atoms with Crippen molar-refractivity contribution in [2.75, 3.05) is 0 Å². The lowest BCUT2D eigenvalue weighted by Gasteiger charge is -2.17. The van der Waals surface area contributed by atoms with Crippen LogP contribution in [0.15, 0.2) is 0 Å². The largest absolute Gasteiger partial charge is 0.507 e. The molecule has 78 valence electrons. The van der Waals surface area contributed by atoms with E-state index < -0.39 is 0 Å². The van der Waals surface area contributed by atoms with Crippen LogP contribution in [0.1, 0.15) is 30.9 Å². The van der Waals surface area contributed by atoms with Gasteiger partial charge in [-0.15, -0.1) is 9.24 Å². The third-order valence-electron chi connectivity index (χ3n) is 2.25. The van der Waals surface area contributed by atoms with E-state index in [1.807, 2.05) is 6.92 Å². The Morgan fingerprint density at radius 3 is 2.14 bits per heavy atom. The summed E-state index contributed by atoms with van der Waals surface area (Å²) in [6.45, 7) is 6.29. The highest BCUT2D eigenvalue weighted by Crippen LogP contribution is 2.34. The van der Waals surface area contributed by atoms with Crippen molar-refractivity contribution in [3.05, 3.63) is 18.3 Å². The highest BCUT2D eigenvalue weighted by atomic mass is 127. The maximum absolute atomic E-state index is 9.92. The van der Waals surface area contributed by atoms with E-state index in [4.69, 9.17) is 0 Å². The summed E-state index contributed by atoms with van der Waals surface area (Å²) in [5.41, 5.74) is 2.27. The summed E-state index contributed by atoms with van der Waals surface area (Å²) < 4.78 is 2.20. The summed E-state index contributed by atoms with van der Waals surface area (Å²) in [6, 6.07) is 0. The Morgan fingerprint density at radius 2 is 1.71 bits per heavy atom.